The van der Waals surface area contributed by atoms with E-state index in [0.717, 1.165) is 0 Å². The number of aliphatic carboxylic acids is 1. The number of rotatable bonds is 10. The molecule has 0 amide bonds. The van der Waals surface area contributed by atoms with Gasteiger partial charge in [-0.2, -0.15) is 5.10 Å². The number of aromatic nitrogens is 4. The number of Topliss-reactive ketones (excluding diaryl/α,β-unsaturated/α-hetero) is 1. The van der Waals surface area contributed by atoms with Crippen LogP contribution in [0.3, 0.4) is 0 Å². The van der Waals surface area contributed by atoms with Crippen LogP contribution < -0.4 is 5.32 Å². The van der Waals surface area contributed by atoms with Gasteiger partial charge in [0, 0.05) is 34.9 Å². The molecule has 9 nitrogen and oxygen atoms in total. The smallest absolute Gasteiger partial charge is 0.304 e. The van der Waals surface area contributed by atoms with Crippen molar-refractivity contribution in [1.29, 1.82) is 0 Å². The van der Waals surface area contributed by atoms with Crippen molar-refractivity contribution in [2.45, 2.75) is 23.7 Å². The minimum atomic E-state index is -0.902. The largest absolute Gasteiger partial charge is 0.508 e. The summed E-state index contributed by atoms with van der Waals surface area (Å²) in [6.45, 7) is -0.100. The van der Waals surface area contributed by atoms with Crippen molar-refractivity contribution in [3.63, 3.8) is 0 Å². The molecule has 0 saturated heterocycles. The Morgan fingerprint density at radius 3 is 2.81 bits per heavy atom. The highest BCUT2D eigenvalue weighted by molar-refractivity contribution is 8.01. The number of phenols is 1. The van der Waals surface area contributed by atoms with Gasteiger partial charge in [-0.3, -0.25) is 9.59 Å². The molecule has 0 radical (unpaired) electrons. The first kappa shape index (κ1) is 25.9. The quantitative estimate of drug-likeness (QED) is 0.173. The number of hydrogen-bond donors (Lipinski definition) is 3. The zero-order chi connectivity index (χ0) is 25.8. The van der Waals surface area contributed by atoms with E-state index < -0.39 is 11.8 Å². The molecule has 4 aromatic rings. The second-order valence-electron chi connectivity index (χ2n) is 7.47. The molecule has 4 rings (SSSR count). The second kappa shape index (κ2) is 11.3. The van der Waals surface area contributed by atoms with Gasteiger partial charge in [0.15, 0.2) is 14.1 Å². The summed E-state index contributed by atoms with van der Waals surface area (Å²) < 4.78 is 15.9. The number of carboxylic acid groups (broad SMARTS) is 1. The maximum atomic E-state index is 13.5. The van der Waals surface area contributed by atoms with E-state index in [1.165, 1.54) is 58.4 Å². The molecule has 2 aromatic heterocycles. The second-order valence-corrected chi connectivity index (χ2v) is 10.8. The van der Waals surface area contributed by atoms with Gasteiger partial charge in [0.2, 0.25) is 0 Å². The van der Waals surface area contributed by atoms with Crippen molar-refractivity contribution < 1.29 is 24.2 Å². The first-order chi connectivity index (χ1) is 17.2. The van der Waals surface area contributed by atoms with E-state index in [1.54, 1.807) is 6.07 Å². The molecule has 3 N–H and O–H groups in total. The summed E-state index contributed by atoms with van der Waals surface area (Å²) in [4.78, 5) is 31.9. The molecule has 0 saturated carbocycles. The molecule has 14 heteroatoms. The first-order valence-electron chi connectivity index (χ1n) is 10.3. The van der Waals surface area contributed by atoms with Gasteiger partial charge in [0.25, 0.3) is 0 Å². The molecular weight excluding hydrogens is 549 g/mol. The Kier molecular flexibility index (Phi) is 8.14. The maximum Gasteiger partial charge on any atom is 0.304 e. The Bertz CT molecular complexity index is 1530. The molecule has 0 aliphatic rings. The van der Waals surface area contributed by atoms with E-state index in [0.29, 0.717) is 42.0 Å². The molecule has 186 valence electrons. The van der Waals surface area contributed by atoms with Crippen LogP contribution in [-0.2, 0) is 22.6 Å². The van der Waals surface area contributed by atoms with Crippen LogP contribution in [-0.4, -0.2) is 47.5 Å². The Morgan fingerprint density at radius 1 is 1.25 bits per heavy atom. The summed E-state index contributed by atoms with van der Waals surface area (Å²) in [6, 6.07) is 7.20. The number of aromatic hydroxyl groups is 1. The average molecular weight is 566 g/mol. The topological polar surface area (TPSA) is 130 Å². The standard InChI is InChI=1S/C22H17ClFN5O4S3/c23-15-7-12(1-2-16(15)24)27-20-14-6-11(18(31)8-17(14)25-10-26-20)5-13(30)9-29-22(34)36-21(28-29)35-4-3-19(32)33/h1-2,6-8,10,31H,3-5,9H2,(H,32,33)(H,25,26,27). The van der Waals surface area contributed by atoms with Crippen molar-refractivity contribution in [2.24, 2.45) is 0 Å². The SMILES string of the molecule is O=C(O)CCSc1nn(CC(=O)Cc2cc3c(Nc4ccc(F)c(Cl)c4)ncnc3cc2O)c(=S)s1. The van der Waals surface area contributed by atoms with E-state index in [2.05, 4.69) is 20.4 Å². The van der Waals surface area contributed by atoms with Gasteiger partial charge in [-0.1, -0.05) is 34.7 Å². The third-order valence-corrected chi connectivity index (χ3v) is 7.59. The van der Waals surface area contributed by atoms with Gasteiger partial charge >= 0.3 is 5.97 Å². The minimum Gasteiger partial charge on any atom is -0.508 e. The lowest BCUT2D eigenvalue weighted by molar-refractivity contribution is -0.136. The van der Waals surface area contributed by atoms with Crippen LogP contribution >= 0.6 is 46.9 Å². The van der Waals surface area contributed by atoms with Crippen LogP contribution in [0.4, 0.5) is 15.9 Å². The Hall–Kier alpha value is -3.13. The van der Waals surface area contributed by atoms with Crippen LogP contribution in [0.1, 0.15) is 12.0 Å². The highest BCUT2D eigenvalue weighted by Crippen LogP contribution is 2.31. The van der Waals surface area contributed by atoms with E-state index in [-0.39, 0.29) is 35.9 Å². The molecule has 0 spiro atoms. The molecule has 0 unspecified atom stereocenters. The highest BCUT2D eigenvalue weighted by Gasteiger charge is 2.15. The number of carbonyl (C=O) groups excluding carboxylic acids is 1. The molecule has 0 atom stereocenters. The number of ketones is 1. The van der Waals surface area contributed by atoms with E-state index >= 15 is 0 Å². The lowest BCUT2D eigenvalue weighted by Gasteiger charge is -2.11. The van der Waals surface area contributed by atoms with Gasteiger partial charge in [-0.05, 0) is 36.5 Å². The van der Waals surface area contributed by atoms with Crippen LogP contribution in [0, 0.1) is 9.77 Å². The normalized spacial score (nSPS) is 11.1. The van der Waals surface area contributed by atoms with E-state index in [1.807, 2.05) is 0 Å². The number of anilines is 2. The molecular formula is C22H17ClFN5O4S3. The summed E-state index contributed by atoms with van der Waals surface area (Å²) in [5.41, 5.74) is 1.31. The van der Waals surface area contributed by atoms with E-state index in [4.69, 9.17) is 28.9 Å². The lowest BCUT2D eigenvalue weighted by Crippen LogP contribution is -2.14. The van der Waals surface area contributed by atoms with Gasteiger partial charge in [0.05, 0.1) is 17.0 Å². The highest BCUT2D eigenvalue weighted by atomic mass is 35.5. The monoisotopic (exact) mass is 565 g/mol. The van der Waals surface area contributed by atoms with Crippen molar-refractivity contribution >= 4 is 81.1 Å². The molecule has 0 bridgehead atoms. The Labute approximate surface area is 222 Å². The van der Waals surface area contributed by atoms with Crippen molar-refractivity contribution in [1.82, 2.24) is 19.7 Å². The number of carbonyl (C=O) groups is 2. The number of thioether (sulfide) groups is 1. The fourth-order valence-corrected chi connectivity index (χ4v) is 5.71. The number of nitrogens with zero attached hydrogens (tertiary/aromatic N) is 4. The number of halogens is 2. The van der Waals surface area contributed by atoms with Gasteiger partial charge < -0.3 is 15.5 Å². The summed E-state index contributed by atoms with van der Waals surface area (Å²) in [6.07, 6.45) is 1.21. The molecule has 0 fully saturated rings. The fourth-order valence-electron chi connectivity index (χ4n) is 3.20. The van der Waals surface area contributed by atoms with Gasteiger partial charge in [-0.25, -0.2) is 19.0 Å². The predicted octanol–water partition coefficient (Wildman–Crippen LogP) is 5.24. The number of hydrogen-bond acceptors (Lipinski definition) is 10. The summed E-state index contributed by atoms with van der Waals surface area (Å²) in [7, 11) is 0. The minimum absolute atomic E-state index is 0.00800. The Balaban J connectivity index is 1.52. The number of fused-ring (bicyclic) bond motifs is 1. The van der Waals surface area contributed by atoms with Gasteiger partial charge in [-0.15, -0.1) is 0 Å². The fraction of sp³-hybridized carbons (Fsp3) is 0.182. The Morgan fingerprint density at radius 2 is 2.06 bits per heavy atom. The molecule has 36 heavy (non-hydrogen) atoms. The number of carboxylic acids is 1. The molecule has 0 aliphatic carbocycles. The molecule has 2 aromatic carbocycles. The third-order valence-electron chi connectivity index (χ3n) is 4.86. The van der Waals surface area contributed by atoms with Crippen LogP contribution in [0.5, 0.6) is 5.75 Å². The third kappa shape index (κ3) is 6.35. The van der Waals surface area contributed by atoms with E-state index in [9.17, 15) is 19.1 Å². The lowest BCUT2D eigenvalue weighted by atomic mass is 10.0. The number of phenolic OH excluding ortho intramolecular Hbond substituents is 1. The van der Waals surface area contributed by atoms with Crippen molar-refractivity contribution in [3.05, 3.63) is 57.0 Å². The predicted molar refractivity (Wildman–Crippen MR) is 139 cm³/mol. The van der Waals surface area contributed by atoms with Crippen molar-refractivity contribution in [2.75, 3.05) is 11.1 Å². The first-order valence-corrected chi connectivity index (χ1v) is 12.9. The zero-order valence-electron chi connectivity index (χ0n) is 18.3. The molecule has 0 aliphatic heterocycles. The zero-order valence-corrected chi connectivity index (χ0v) is 21.5. The number of benzene rings is 2. The molecule has 2 heterocycles. The van der Waals surface area contributed by atoms with Crippen LogP contribution in [0.15, 0.2) is 41.0 Å². The summed E-state index contributed by atoms with van der Waals surface area (Å²) in [5, 5.41) is 27.1. The van der Waals surface area contributed by atoms with Crippen LogP contribution in [0.25, 0.3) is 10.9 Å². The van der Waals surface area contributed by atoms with Crippen molar-refractivity contribution in [3.8, 4) is 5.75 Å². The summed E-state index contributed by atoms with van der Waals surface area (Å²) in [5.74, 6) is -1.06. The summed E-state index contributed by atoms with van der Waals surface area (Å²) >= 11 is 13.6. The number of nitrogens with one attached hydrogen (secondary N) is 1. The average Bonchev–Trinajstić information content (AvgIpc) is 3.15. The van der Waals surface area contributed by atoms with Gasteiger partial charge in [0.1, 0.15) is 30.3 Å². The maximum absolute atomic E-state index is 13.5. The van der Waals surface area contributed by atoms with Crippen LogP contribution in [0.2, 0.25) is 5.02 Å².